The van der Waals surface area contributed by atoms with Crippen molar-refractivity contribution < 1.29 is 14.3 Å². The highest BCUT2D eigenvalue weighted by atomic mass is 32.1. The minimum Gasteiger partial charge on any atom is -0.454 e. The molecular weight excluding hydrogens is 404 g/mol. The lowest BCUT2D eigenvalue weighted by Gasteiger charge is -2.05. The molecule has 5 aromatic rings. The van der Waals surface area contributed by atoms with Gasteiger partial charge in [0.25, 0.3) is 5.91 Å². The maximum Gasteiger partial charge on any atom is 0.258 e. The molecule has 30 heavy (non-hydrogen) atoms. The van der Waals surface area contributed by atoms with E-state index in [0.29, 0.717) is 28.3 Å². The van der Waals surface area contributed by atoms with E-state index in [1.807, 2.05) is 24.3 Å². The zero-order chi connectivity index (χ0) is 20.3. The van der Waals surface area contributed by atoms with Gasteiger partial charge in [-0.2, -0.15) is 15.4 Å². The van der Waals surface area contributed by atoms with E-state index in [0.717, 1.165) is 15.7 Å². The number of hydrogen-bond donors (Lipinski definition) is 2. The maximum absolute atomic E-state index is 12.4. The number of nitrogens with one attached hydrogen (secondary N) is 2. The van der Waals surface area contributed by atoms with Crippen molar-refractivity contribution in [3.05, 3.63) is 65.9 Å². The van der Waals surface area contributed by atoms with Gasteiger partial charge in [0.15, 0.2) is 11.5 Å². The normalized spacial score (nSPS) is 11.9. The number of rotatable bonds is 2. The zero-order valence-electron chi connectivity index (χ0n) is 15.4. The largest absolute Gasteiger partial charge is 0.454 e. The highest BCUT2D eigenvalue weighted by Crippen LogP contribution is 2.34. The van der Waals surface area contributed by atoms with E-state index in [1.165, 1.54) is 17.7 Å². The molecular formula is C20H14N6O3S. The second-order valence-electron chi connectivity index (χ2n) is 6.22. The van der Waals surface area contributed by atoms with Gasteiger partial charge in [0.05, 0.1) is 15.8 Å². The molecule has 0 saturated heterocycles. The van der Waals surface area contributed by atoms with Crippen molar-refractivity contribution in [1.82, 2.24) is 25.4 Å². The molecule has 148 valence electrons. The van der Waals surface area contributed by atoms with E-state index in [2.05, 4.69) is 30.7 Å². The van der Waals surface area contributed by atoms with Crippen molar-refractivity contribution in [2.45, 2.75) is 0 Å². The van der Waals surface area contributed by atoms with Gasteiger partial charge < -0.3 is 14.8 Å². The van der Waals surface area contributed by atoms with E-state index in [4.69, 9.17) is 9.47 Å². The number of aromatic nitrogens is 5. The summed E-state index contributed by atoms with van der Waals surface area (Å²) in [5.41, 5.74) is 3.68. The van der Waals surface area contributed by atoms with Crippen LogP contribution >= 0.6 is 11.3 Å². The molecule has 0 radical (unpaired) electrons. The summed E-state index contributed by atoms with van der Waals surface area (Å²) in [6.07, 6.45) is 3.14. The third-order valence-corrected chi connectivity index (χ3v) is 5.24. The van der Waals surface area contributed by atoms with Gasteiger partial charge in [-0.05, 0) is 24.3 Å². The van der Waals surface area contributed by atoms with Crippen LogP contribution in [0.25, 0.3) is 21.3 Å². The van der Waals surface area contributed by atoms with Crippen LogP contribution in [0.5, 0.6) is 11.5 Å². The number of nitrogens with zero attached hydrogens (tertiary/aromatic N) is 4. The van der Waals surface area contributed by atoms with Crippen LogP contribution in [-0.4, -0.2) is 38.1 Å². The average molecular weight is 418 g/mol. The molecule has 1 aliphatic heterocycles. The third-order valence-electron chi connectivity index (χ3n) is 4.34. The van der Waals surface area contributed by atoms with Crippen molar-refractivity contribution in [3.8, 4) is 11.5 Å². The molecule has 2 aromatic carbocycles. The first-order valence-electron chi connectivity index (χ1n) is 8.91. The molecule has 0 fully saturated rings. The Morgan fingerprint density at radius 2 is 1.87 bits per heavy atom. The molecule has 1 amide bonds. The third kappa shape index (κ3) is 3.51. The fraction of sp³-hybridized carbons (Fsp3) is 0.0500. The Morgan fingerprint density at radius 3 is 2.70 bits per heavy atom. The first-order chi connectivity index (χ1) is 14.8. The van der Waals surface area contributed by atoms with Gasteiger partial charge in [0.1, 0.15) is 17.4 Å². The van der Waals surface area contributed by atoms with E-state index in [1.54, 1.807) is 29.8 Å². The van der Waals surface area contributed by atoms with Gasteiger partial charge in [0.2, 0.25) is 6.79 Å². The lowest BCUT2D eigenvalue weighted by molar-refractivity contribution is 0.102. The molecule has 1 aliphatic rings. The van der Waals surface area contributed by atoms with Crippen molar-refractivity contribution in [1.29, 1.82) is 0 Å². The molecule has 9 nitrogen and oxygen atoms in total. The van der Waals surface area contributed by atoms with Crippen LogP contribution in [0.15, 0.2) is 60.4 Å². The van der Waals surface area contributed by atoms with Crippen LogP contribution in [0.4, 0.5) is 5.69 Å². The summed E-state index contributed by atoms with van der Waals surface area (Å²) in [5, 5.41) is 14.9. The predicted octanol–water partition coefficient (Wildman–Crippen LogP) is 3.63. The molecule has 6 rings (SSSR count). The van der Waals surface area contributed by atoms with Crippen LogP contribution in [0.2, 0.25) is 0 Å². The van der Waals surface area contributed by atoms with Gasteiger partial charge in [-0.1, -0.05) is 12.1 Å². The van der Waals surface area contributed by atoms with Crippen molar-refractivity contribution in [2.75, 3.05) is 12.1 Å². The maximum atomic E-state index is 12.4. The number of para-hydroxylation sites is 2. The number of hydrogen-bond acceptors (Lipinski definition) is 8. The van der Waals surface area contributed by atoms with Crippen molar-refractivity contribution in [2.24, 2.45) is 0 Å². The molecule has 0 unspecified atom stereocenters. The number of fused-ring (bicyclic) bond motifs is 3. The number of ether oxygens (including phenoxy) is 2. The summed E-state index contributed by atoms with van der Waals surface area (Å²) in [4.78, 5) is 20.5. The van der Waals surface area contributed by atoms with Crippen molar-refractivity contribution in [3.63, 3.8) is 0 Å². The average Bonchev–Trinajstić information content (AvgIpc) is 3.52. The summed E-state index contributed by atoms with van der Waals surface area (Å²) < 4.78 is 11.4. The second-order valence-corrected chi connectivity index (χ2v) is 7.13. The standard InChI is InChI=1S/C14H9N3O3S.C6H5N3/c18-14(9-5-21-12-4-15-6-16-13(9)12)17-8-1-2-10-11(3-8)20-7-19-10;1-2-4-6-5(3-1)7-9-8-6/h1-6H,7H2,(H,17,18);1-4H,(H,7,8,9). The number of benzene rings is 2. The SMILES string of the molecule is O=C(Nc1ccc2c(c1)OCO2)c1csc2cncnc12.c1ccc2n[nH]nc2c1. The highest BCUT2D eigenvalue weighted by molar-refractivity contribution is 7.17. The number of carbonyl (C=O) groups excluding carboxylic acids is 1. The first-order valence-corrected chi connectivity index (χ1v) is 9.79. The lowest BCUT2D eigenvalue weighted by Crippen LogP contribution is -2.11. The van der Waals surface area contributed by atoms with Crippen LogP contribution in [0.1, 0.15) is 10.4 Å². The molecule has 0 atom stereocenters. The Morgan fingerprint density at radius 1 is 1.07 bits per heavy atom. The zero-order valence-corrected chi connectivity index (χ0v) is 16.2. The smallest absolute Gasteiger partial charge is 0.258 e. The molecule has 2 N–H and O–H groups in total. The van der Waals surface area contributed by atoms with E-state index in [-0.39, 0.29) is 12.7 Å². The Balaban J connectivity index is 0.000000178. The van der Waals surface area contributed by atoms with E-state index in [9.17, 15) is 4.79 Å². The summed E-state index contributed by atoms with van der Waals surface area (Å²) in [6, 6.07) is 13.0. The number of carbonyl (C=O) groups is 1. The van der Waals surface area contributed by atoms with Crippen LogP contribution in [0.3, 0.4) is 0 Å². The fourth-order valence-electron chi connectivity index (χ4n) is 2.90. The molecule has 0 bridgehead atoms. The predicted molar refractivity (Wildman–Crippen MR) is 112 cm³/mol. The fourth-order valence-corrected chi connectivity index (χ4v) is 3.76. The Hall–Kier alpha value is -4.05. The van der Waals surface area contributed by atoms with Gasteiger partial charge >= 0.3 is 0 Å². The molecule has 4 heterocycles. The minimum atomic E-state index is -0.209. The summed E-state index contributed by atoms with van der Waals surface area (Å²) in [7, 11) is 0. The summed E-state index contributed by atoms with van der Waals surface area (Å²) in [5.74, 6) is 1.10. The monoisotopic (exact) mass is 418 g/mol. The minimum absolute atomic E-state index is 0.207. The number of aromatic amines is 1. The quantitative estimate of drug-likeness (QED) is 0.450. The molecule has 3 aromatic heterocycles. The Bertz CT molecular complexity index is 1320. The van der Waals surface area contributed by atoms with Gasteiger partial charge in [0, 0.05) is 23.3 Å². The first kappa shape index (κ1) is 18.0. The number of amides is 1. The Kier molecular flexibility index (Phi) is 4.66. The topological polar surface area (TPSA) is 115 Å². The number of anilines is 1. The van der Waals surface area contributed by atoms with E-state index >= 15 is 0 Å². The number of H-pyrrole nitrogens is 1. The van der Waals surface area contributed by atoms with Crippen molar-refractivity contribution >= 4 is 44.2 Å². The summed E-state index contributed by atoms with van der Waals surface area (Å²) >= 11 is 1.44. The van der Waals surface area contributed by atoms with Crippen LogP contribution < -0.4 is 14.8 Å². The molecule has 0 spiro atoms. The molecule has 10 heteroatoms. The molecule has 0 aliphatic carbocycles. The summed E-state index contributed by atoms with van der Waals surface area (Å²) in [6.45, 7) is 0.207. The van der Waals surface area contributed by atoms with Gasteiger partial charge in [-0.25, -0.2) is 9.97 Å². The van der Waals surface area contributed by atoms with Crippen LogP contribution in [0, 0.1) is 0 Å². The second kappa shape index (κ2) is 7.76. The molecule has 0 saturated carbocycles. The highest BCUT2D eigenvalue weighted by Gasteiger charge is 2.17. The van der Waals surface area contributed by atoms with Gasteiger partial charge in [-0.3, -0.25) is 4.79 Å². The lowest BCUT2D eigenvalue weighted by atomic mass is 10.2. The number of thiophene rings is 1. The Labute approximate surface area is 173 Å². The van der Waals surface area contributed by atoms with Crippen LogP contribution in [-0.2, 0) is 0 Å². The van der Waals surface area contributed by atoms with Gasteiger partial charge in [-0.15, -0.1) is 11.3 Å². The van der Waals surface area contributed by atoms with E-state index < -0.39 is 0 Å².